The number of benzene rings is 2. The van der Waals surface area contributed by atoms with Gasteiger partial charge in [-0.05, 0) is 18.2 Å². The van der Waals surface area contributed by atoms with Crippen molar-refractivity contribution in [3.63, 3.8) is 0 Å². The number of hydrogen-bond donors (Lipinski definition) is 2. The van der Waals surface area contributed by atoms with Gasteiger partial charge in [0.1, 0.15) is 18.2 Å². The summed E-state index contributed by atoms with van der Waals surface area (Å²) in [6.07, 6.45) is 1.30. The summed E-state index contributed by atoms with van der Waals surface area (Å²) < 4.78 is 25.9. The molecule has 31 heavy (non-hydrogen) atoms. The molecule has 0 spiro atoms. The topological polar surface area (TPSA) is 88.6 Å². The van der Waals surface area contributed by atoms with Crippen molar-refractivity contribution in [2.45, 2.75) is 6.10 Å². The van der Waals surface area contributed by atoms with E-state index in [4.69, 9.17) is 21.1 Å². The van der Waals surface area contributed by atoms with Gasteiger partial charge in [0.2, 0.25) is 5.91 Å². The van der Waals surface area contributed by atoms with Crippen LogP contribution in [0, 0.1) is 5.82 Å². The van der Waals surface area contributed by atoms with Crippen molar-refractivity contribution in [3.8, 4) is 11.5 Å². The van der Waals surface area contributed by atoms with Crippen LogP contribution >= 0.6 is 11.6 Å². The monoisotopic (exact) mass is 445 g/mol. The summed E-state index contributed by atoms with van der Waals surface area (Å²) in [6.45, 7) is 1.58. The molecule has 1 saturated heterocycles. The molecule has 4 rings (SSSR count). The highest BCUT2D eigenvalue weighted by atomic mass is 35.5. The van der Waals surface area contributed by atoms with E-state index in [0.29, 0.717) is 47.9 Å². The highest BCUT2D eigenvalue weighted by Crippen LogP contribution is 2.36. The van der Waals surface area contributed by atoms with Crippen molar-refractivity contribution in [2.24, 2.45) is 0 Å². The van der Waals surface area contributed by atoms with Gasteiger partial charge in [0, 0.05) is 31.6 Å². The van der Waals surface area contributed by atoms with Crippen LogP contribution in [0.25, 0.3) is 10.9 Å². The van der Waals surface area contributed by atoms with E-state index in [1.807, 2.05) is 4.90 Å². The van der Waals surface area contributed by atoms with Crippen LogP contribution in [0.2, 0.25) is 5.02 Å². The van der Waals surface area contributed by atoms with Crippen molar-refractivity contribution in [1.82, 2.24) is 20.2 Å². The maximum atomic E-state index is 14.3. The number of carbonyl (C=O) groups is 1. The number of methoxy groups -OCH3 is 1. The first kappa shape index (κ1) is 21.1. The maximum Gasteiger partial charge on any atom is 0.233 e. The van der Waals surface area contributed by atoms with Crippen molar-refractivity contribution in [1.29, 1.82) is 0 Å². The molecule has 0 saturated carbocycles. The fourth-order valence-electron chi connectivity index (χ4n) is 3.33. The molecule has 1 aliphatic rings. The number of hydrogen-bond acceptors (Lipinski definition) is 7. The van der Waals surface area contributed by atoms with Gasteiger partial charge in [-0.3, -0.25) is 9.69 Å². The van der Waals surface area contributed by atoms with Gasteiger partial charge in [-0.15, -0.1) is 0 Å². The molecular weight excluding hydrogens is 425 g/mol. The van der Waals surface area contributed by atoms with E-state index < -0.39 is 5.82 Å². The normalized spacial score (nSPS) is 14.2. The molecule has 2 heterocycles. The Labute approximate surface area is 183 Å². The smallest absolute Gasteiger partial charge is 0.233 e. The van der Waals surface area contributed by atoms with Crippen LogP contribution in [0.5, 0.6) is 11.5 Å². The molecule has 8 nitrogen and oxygen atoms in total. The Morgan fingerprint density at radius 2 is 2.10 bits per heavy atom. The van der Waals surface area contributed by atoms with Gasteiger partial charge in [-0.2, -0.15) is 0 Å². The van der Waals surface area contributed by atoms with E-state index in [1.54, 1.807) is 38.4 Å². The maximum absolute atomic E-state index is 14.3. The lowest BCUT2D eigenvalue weighted by atomic mass is 10.1. The second-order valence-corrected chi connectivity index (χ2v) is 7.48. The number of halogens is 2. The minimum atomic E-state index is -0.563. The Bertz CT molecular complexity index is 1120. The van der Waals surface area contributed by atoms with E-state index in [0.717, 1.165) is 0 Å². The second-order valence-electron chi connectivity index (χ2n) is 7.08. The molecule has 1 amide bonds. The highest BCUT2D eigenvalue weighted by Gasteiger charge is 2.30. The molecule has 10 heteroatoms. The number of nitrogens with one attached hydrogen (secondary N) is 2. The standard InChI is InChI=1S/C21H21ClFN5O3/c1-24-19(29)10-28-8-12(9-28)31-18-6-13-16(7-17(18)30-2)25-11-26-21(13)27-15-5-3-4-14(22)20(15)23/h3-7,11-12H,8-10H2,1-2H3,(H,24,29)(H,25,26,27). The SMILES string of the molecule is CNC(=O)CN1CC(Oc2cc3c(Nc4cccc(Cl)c4F)ncnc3cc2OC)C1. The van der Waals surface area contributed by atoms with Crippen LogP contribution in [-0.2, 0) is 4.79 Å². The van der Waals surface area contributed by atoms with Crippen LogP contribution < -0.4 is 20.1 Å². The molecule has 0 aliphatic carbocycles. The van der Waals surface area contributed by atoms with Crippen LogP contribution in [0.4, 0.5) is 15.9 Å². The number of likely N-dealkylation sites (N-methyl/N-ethyl adjacent to an activating group) is 1. The fourth-order valence-corrected chi connectivity index (χ4v) is 3.51. The largest absolute Gasteiger partial charge is 0.493 e. The molecule has 2 aromatic carbocycles. The molecule has 2 N–H and O–H groups in total. The molecule has 162 valence electrons. The summed E-state index contributed by atoms with van der Waals surface area (Å²) in [4.78, 5) is 22.0. The summed E-state index contributed by atoms with van der Waals surface area (Å²) in [5.74, 6) is 0.850. The van der Waals surface area contributed by atoms with E-state index in [-0.39, 0.29) is 22.7 Å². The number of aromatic nitrogens is 2. The molecular formula is C21H21ClFN5O3. The van der Waals surface area contributed by atoms with Gasteiger partial charge in [-0.1, -0.05) is 17.7 Å². The molecule has 0 atom stereocenters. The third kappa shape index (κ3) is 4.47. The van der Waals surface area contributed by atoms with Crippen LogP contribution in [0.3, 0.4) is 0 Å². The van der Waals surface area contributed by atoms with E-state index >= 15 is 0 Å². The van der Waals surface area contributed by atoms with E-state index in [1.165, 1.54) is 12.4 Å². The molecule has 0 unspecified atom stereocenters. The lowest BCUT2D eigenvalue weighted by Crippen LogP contribution is -2.56. The van der Waals surface area contributed by atoms with Crippen LogP contribution in [0.15, 0.2) is 36.7 Å². The van der Waals surface area contributed by atoms with Gasteiger partial charge in [0.25, 0.3) is 0 Å². The highest BCUT2D eigenvalue weighted by molar-refractivity contribution is 6.31. The average Bonchev–Trinajstić information content (AvgIpc) is 2.75. The number of nitrogens with zero attached hydrogens (tertiary/aromatic N) is 3. The predicted octanol–water partition coefficient (Wildman–Crippen LogP) is 2.98. The zero-order chi connectivity index (χ0) is 22.0. The Morgan fingerprint density at radius 3 is 2.84 bits per heavy atom. The van der Waals surface area contributed by atoms with Gasteiger partial charge >= 0.3 is 0 Å². The van der Waals surface area contributed by atoms with Gasteiger partial charge in [0.05, 0.1) is 29.9 Å². The first-order valence-corrected chi connectivity index (χ1v) is 9.99. The van der Waals surface area contributed by atoms with Crippen molar-refractivity contribution >= 4 is 39.9 Å². The number of amides is 1. The van der Waals surface area contributed by atoms with E-state index in [2.05, 4.69) is 20.6 Å². The quantitative estimate of drug-likeness (QED) is 0.578. The number of rotatable bonds is 7. The Kier molecular flexibility index (Phi) is 6.06. The molecule has 1 aromatic heterocycles. The summed E-state index contributed by atoms with van der Waals surface area (Å²) in [7, 11) is 3.16. The number of carbonyl (C=O) groups excluding carboxylic acids is 1. The Morgan fingerprint density at radius 1 is 1.29 bits per heavy atom. The van der Waals surface area contributed by atoms with Crippen LogP contribution in [-0.4, -0.2) is 60.7 Å². The van der Waals surface area contributed by atoms with Gasteiger partial charge in [0.15, 0.2) is 17.3 Å². The van der Waals surface area contributed by atoms with E-state index in [9.17, 15) is 9.18 Å². The van der Waals surface area contributed by atoms with Crippen molar-refractivity contribution in [2.75, 3.05) is 39.1 Å². The van der Waals surface area contributed by atoms with Crippen molar-refractivity contribution in [3.05, 3.63) is 47.5 Å². The lowest BCUT2D eigenvalue weighted by Gasteiger charge is -2.38. The summed E-state index contributed by atoms with van der Waals surface area (Å²) >= 11 is 5.88. The van der Waals surface area contributed by atoms with Crippen molar-refractivity contribution < 1.29 is 18.7 Å². The Hall–Kier alpha value is -3.17. The molecule has 3 aromatic rings. The van der Waals surface area contributed by atoms with Gasteiger partial charge in [-0.25, -0.2) is 14.4 Å². The minimum absolute atomic E-state index is 0.0142. The number of likely N-dealkylation sites (tertiary alicyclic amines) is 1. The summed E-state index contributed by atoms with van der Waals surface area (Å²) in [5, 5.41) is 6.23. The molecule has 1 fully saturated rings. The zero-order valence-corrected chi connectivity index (χ0v) is 17.7. The molecule has 0 radical (unpaired) electrons. The third-order valence-electron chi connectivity index (χ3n) is 4.99. The van der Waals surface area contributed by atoms with Crippen LogP contribution in [0.1, 0.15) is 0 Å². The average molecular weight is 446 g/mol. The second kappa shape index (κ2) is 8.91. The minimum Gasteiger partial charge on any atom is -0.493 e. The summed E-state index contributed by atoms with van der Waals surface area (Å²) in [5.41, 5.74) is 0.814. The lowest BCUT2D eigenvalue weighted by molar-refractivity contribution is -0.124. The Balaban J connectivity index is 1.59. The first-order valence-electron chi connectivity index (χ1n) is 9.62. The fraction of sp³-hybridized carbons (Fsp3) is 0.286. The number of fused-ring (bicyclic) bond motifs is 1. The first-order chi connectivity index (χ1) is 15.0. The predicted molar refractivity (Wildman–Crippen MR) is 116 cm³/mol. The molecule has 1 aliphatic heterocycles. The zero-order valence-electron chi connectivity index (χ0n) is 17.0. The number of ether oxygens (including phenoxy) is 2. The number of anilines is 2. The van der Waals surface area contributed by atoms with Gasteiger partial charge < -0.3 is 20.1 Å². The third-order valence-corrected chi connectivity index (χ3v) is 5.28. The molecule has 0 bridgehead atoms. The summed E-state index contributed by atoms with van der Waals surface area (Å²) in [6, 6.07) is 8.21.